The first-order valence-corrected chi connectivity index (χ1v) is 8.12. The molecule has 2 heterocycles. The summed E-state index contributed by atoms with van der Waals surface area (Å²) >= 11 is 0. The Morgan fingerprint density at radius 2 is 1.89 bits per heavy atom. The molecule has 1 aromatic carbocycles. The molecular weight excluding hydrogens is 363 g/mol. The molecule has 0 bridgehead atoms. The Balaban J connectivity index is 0.00000280. The summed E-state index contributed by atoms with van der Waals surface area (Å²) in [6.07, 6.45) is 2.53. The van der Waals surface area contributed by atoms with Crippen LogP contribution in [0.4, 0.5) is 20.4 Å². The standard InChI is InChI=1S/C18H17F2N5O2.Li/c1-9(2)25-10(3)21-8-15(25)16-14(20)7-22-18(24-16)23-11-4-5-12(17(26)27)13(19)6-11;/h4-9H,1-3H3,(H,26,27)(H,22,23,24);/q;+1/p-1. The largest absolute Gasteiger partial charge is 1.00 e. The van der Waals surface area contributed by atoms with E-state index in [1.54, 1.807) is 0 Å². The smallest absolute Gasteiger partial charge is 0.545 e. The summed E-state index contributed by atoms with van der Waals surface area (Å²) in [5.41, 5.74) is 0.193. The minimum atomic E-state index is -1.61. The van der Waals surface area contributed by atoms with Gasteiger partial charge in [0.05, 0.1) is 24.1 Å². The Kier molecular flexibility index (Phi) is 6.54. The summed E-state index contributed by atoms with van der Waals surface area (Å²) in [6, 6.07) is 3.41. The van der Waals surface area contributed by atoms with Gasteiger partial charge in [-0.25, -0.2) is 23.7 Å². The van der Waals surface area contributed by atoms with Crippen molar-refractivity contribution >= 4 is 17.6 Å². The van der Waals surface area contributed by atoms with Gasteiger partial charge in [-0.1, -0.05) is 0 Å². The summed E-state index contributed by atoms with van der Waals surface area (Å²) in [5.74, 6) is -2.46. The van der Waals surface area contributed by atoms with Crippen LogP contribution in [0.3, 0.4) is 0 Å². The fraction of sp³-hybridized carbons (Fsp3) is 0.222. The molecule has 0 radical (unpaired) electrons. The third-order valence-electron chi connectivity index (χ3n) is 3.93. The summed E-state index contributed by atoms with van der Waals surface area (Å²) in [5, 5.41) is 13.5. The van der Waals surface area contributed by atoms with Crippen LogP contribution < -0.4 is 29.3 Å². The van der Waals surface area contributed by atoms with Gasteiger partial charge in [-0.2, -0.15) is 0 Å². The van der Waals surface area contributed by atoms with Gasteiger partial charge in [0.25, 0.3) is 0 Å². The van der Waals surface area contributed by atoms with Gasteiger partial charge in [0, 0.05) is 17.3 Å². The van der Waals surface area contributed by atoms with E-state index in [0.29, 0.717) is 11.5 Å². The Labute approximate surface area is 172 Å². The molecule has 0 unspecified atom stereocenters. The van der Waals surface area contributed by atoms with Crippen LogP contribution in [0.2, 0.25) is 0 Å². The summed E-state index contributed by atoms with van der Waals surface area (Å²) < 4.78 is 29.9. The van der Waals surface area contributed by atoms with E-state index in [1.807, 2.05) is 25.3 Å². The second-order valence-corrected chi connectivity index (χ2v) is 6.15. The molecule has 1 N–H and O–H groups in total. The van der Waals surface area contributed by atoms with Gasteiger partial charge in [-0.05, 0) is 39.0 Å². The van der Waals surface area contributed by atoms with E-state index < -0.39 is 23.2 Å². The van der Waals surface area contributed by atoms with Crippen LogP contribution in [0, 0.1) is 18.6 Å². The van der Waals surface area contributed by atoms with Crippen molar-refractivity contribution in [3.63, 3.8) is 0 Å². The number of aromatic carboxylic acids is 1. The van der Waals surface area contributed by atoms with Crippen molar-refractivity contribution in [2.75, 3.05) is 5.32 Å². The number of hydrogen-bond acceptors (Lipinski definition) is 6. The molecule has 3 aromatic rings. The van der Waals surface area contributed by atoms with Crippen molar-refractivity contribution in [3.8, 4) is 11.4 Å². The van der Waals surface area contributed by atoms with E-state index in [4.69, 9.17) is 0 Å². The maximum Gasteiger partial charge on any atom is 1.00 e. The van der Waals surface area contributed by atoms with Crippen LogP contribution in [-0.4, -0.2) is 25.5 Å². The molecule has 0 fully saturated rings. The maximum atomic E-state index is 14.3. The number of hydrogen-bond donors (Lipinski definition) is 1. The van der Waals surface area contributed by atoms with Gasteiger partial charge < -0.3 is 19.8 Å². The molecule has 0 aliphatic heterocycles. The zero-order chi connectivity index (χ0) is 19.7. The summed E-state index contributed by atoms with van der Waals surface area (Å²) in [4.78, 5) is 23.0. The monoisotopic (exact) mass is 379 g/mol. The molecule has 28 heavy (non-hydrogen) atoms. The topological polar surface area (TPSA) is 95.8 Å². The first-order valence-electron chi connectivity index (χ1n) is 8.12. The predicted molar refractivity (Wildman–Crippen MR) is 92.3 cm³/mol. The van der Waals surface area contributed by atoms with E-state index in [0.717, 1.165) is 18.3 Å². The average Bonchev–Trinajstić information content (AvgIpc) is 2.98. The van der Waals surface area contributed by atoms with Gasteiger partial charge in [-0.3, -0.25) is 0 Å². The molecular formula is C18H16F2LiN5O2. The van der Waals surface area contributed by atoms with E-state index in [-0.39, 0.29) is 42.2 Å². The number of carboxylic acid groups (broad SMARTS) is 1. The van der Waals surface area contributed by atoms with Crippen molar-refractivity contribution in [3.05, 3.63) is 53.6 Å². The van der Waals surface area contributed by atoms with Crippen LogP contribution in [0.25, 0.3) is 11.4 Å². The second-order valence-electron chi connectivity index (χ2n) is 6.15. The van der Waals surface area contributed by atoms with Gasteiger partial charge in [-0.15, -0.1) is 0 Å². The minimum Gasteiger partial charge on any atom is -0.545 e. The van der Waals surface area contributed by atoms with Gasteiger partial charge in [0.2, 0.25) is 5.95 Å². The first kappa shape index (κ1) is 21.5. The SMILES string of the molecule is Cc1ncc(-c2nc(Nc3ccc(C(=O)[O-])c(F)c3)ncc2F)n1C(C)C.[Li+]. The maximum absolute atomic E-state index is 14.3. The van der Waals surface area contributed by atoms with Gasteiger partial charge in [0.15, 0.2) is 5.82 Å². The molecule has 0 aliphatic rings. The Morgan fingerprint density at radius 1 is 1.18 bits per heavy atom. The zero-order valence-corrected chi connectivity index (χ0v) is 15.8. The number of nitrogens with zero attached hydrogens (tertiary/aromatic N) is 4. The second kappa shape index (κ2) is 8.50. The normalized spacial score (nSPS) is 10.6. The number of anilines is 2. The predicted octanol–water partition coefficient (Wildman–Crippen LogP) is -0.381. The Hall–Kier alpha value is -2.76. The number of aromatic nitrogens is 4. The van der Waals surface area contributed by atoms with Crippen molar-refractivity contribution in [1.29, 1.82) is 0 Å². The number of rotatable bonds is 5. The quantitative estimate of drug-likeness (QED) is 0.607. The molecule has 2 aromatic heterocycles. The van der Waals surface area contributed by atoms with E-state index in [9.17, 15) is 18.7 Å². The fourth-order valence-corrected chi connectivity index (χ4v) is 2.77. The molecule has 3 rings (SSSR count). The first-order chi connectivity index (χ1) is 12.8. The number of aryl methyl sites for hydroxylation is 1. The van der Waals surface area contributed by atoms with Crippen LogP contribution in [0.5, 0.6) is 0 Å². The molecule has 0 saturated heterocycles. The number of halogens is 2. The van der Waals surface area contributed by atoms with Crippen molar-refractivity contribution in [1.82, 2.24) is 19.5 Å². The number of imidazole rings is 1. The van der Waals surface area contributed by atoms with Crippen LogP contribution >= 0.6 is 0 Å². The Morgan fingerprint density at radius 3 is 2.50 bits per heavy atom. The number of carboxylic acids is 1. The van der Waals surface area contributed by atoms with Gasteiger partial charge in [0.1, 0.15) is 17.3 Å². The summed E-state index contributed by atoms with van der Waals surface area (Å²) in [7, 11) is 0. The van der Waals surface area contributed by atoms with Gasteiger partial charge >= 0.3 is 18.9 Å². The van der Waals surface area contributed by atoms with Crippen molar-refractivity contribution in [2.24, 2.45) is 0 Å². The van der Waals surface area contributed by atoms with Crippen molar-refractivity contribution in [2.45, 2.75) is 26.8 Å². The van der Waals surface area contributed by atoms with E-state index in [2.05, 4.69) is 20.3 Å². The van der Waals surface area contributed by atoms with Crippen molar-refractivity contribution < 1.29 is 37.5 Å². The fourth-order valence-electron chi connectivity index (χ4n) is 2.77. The van der Waals surface area contributed by atoms with Crippen LogP contribution in [-0.2, 0) is 0 Å². The summed E-state index contributed by atoms with van der Waals surface area (Å²) in [6.45, 7) is 5.69. The number of nitrogens with one attached hydrogen (secondary N) is 1. The average molecular weight is 379 g/mol. The number of benzene rings is 1. The zero-order valence-electron chi connectivity index (χ0n) is 15.8. The Bertz CT molecular complexity index is 1020. The molecule has 0 aliphatic carbocycles. The third-order valence-corrected chi connectivity index (χ3v) is 3.93. The van der Waals surface area contributed by atoms with E-state index in [1.165, 1.54) is 12.3 Å². The molecule has 140 valence electrons. The van der Waals surface area contributed by atoms with E-state index >= 15 is 0 Å². The minimum absolute atomic E-state index is 0. The molecule has 0 amide bonds. The molecule has 0 saturated carbocycles. The van der Waals surface area contributed by atoms with Crippen LogP contribution in [0.1, 0.15) is 36.1 Å². The molecule has 0 spiro atoms. The third kappa shape index (κ3) is 4.21. The molecule has 10 heteroatoms. The molecule has 0 atom stereocenters. The number of carbonyl (C=O) groups excluding carboxylic acids is 1. The number of carbonyl (C=O) groups is 1. The van der Waals surface area contributed by atoms with Crippen LogP contribution in [0.15, 0.2) is 30.6 Å². The molecule has 7 nitrogen and oxygen atoms in total.